The second kappa shape index (κ2) is 6.57. The Morgan fingerprint density at radius 1 is 1.25 bits per heavy atom. The van der Waals surface area contributed by atoms with Crippen LogP contribution in [0.15, 0.2) is 34.7 Å². The third-order valence-electron chi connectivity index (χ3n) is 3.27. The van der Waals surface area contributed by atoms with E-state index in [1.807, 2.05) is 11.9 Å². The molecule has 20 heavy (non-hydrogen) atoms. The van der Waals surface area contributed by atoms with Gasteiger partial charge in [0.25, 0.3) is 0 Å². The molecule has 0 unspecified atom stereocenters. The monoisotopic (exact) mass is 276 g/mol. The standard InChI is InChI=1S/C16H21FN2O/c1-4-18-10-16-12(2)9-15(20-16)11-19(3)14-7-5-13(17)6-8-14/h5-9,18H,4,10-11H2,1-3H3. The predicted molar refractivity (Wildman–Crippen MR) is 79.3 cm³/mol. The van der Waals surface area contributed by atoms with E-state index >= 15 is 0 Å². The number of rotatable bonds is 6. The molecule has 0 radical (unpaired) electrons. The molecule has 4 heteroatoms. The lowest BCUT2D eigenvalue weighted by Gasteiger charge is -2.17. The molecule has 0 aliphatic carbocycles. The van der Waals surface area contributed by atoms with Gasteiger partial charge in [0.15, 0.2) is 0 Å². The maximum absolute atomic E-state index is 12.9. The van der Waals surface area contributed by atoms with Crippen molar-refractivity contribution >= 4 is 5.69 Å². The molecule has 0 atom stereocenters. The molecular formula is C16H21FN2O. The van der Waals surface area contributed by atoms with Gasteiger partial charge in [0, 0.05) is 12.7 Å². The highest BCUT2D eigenvalue weighted by Crippen LogP contribution is 2.19. The van der Waals surface area contributed by atoms with Crippen LogP contribution >= 0.6 is 0 Å². The van der Waals surface area contributed by atoms with Gasteiger partial charge in [-0.05, 0) is 49.4 Å². The Hall–Kier alpha value is -1.81. The van der Waals surface area contributed by atoms with Crippen molar-refractivity contribution in [2.75, 3.05) is 18.5 Å². The Balaban J connectivity index is 2.04. The summed E-state index contributed by atoms with van der Waals surface area (Å²) < 4.78 is 18.8. The van der Waals surface area contributed by atoms with Crippen molar-refractivity contribution in [3.63, 3.8) is 0 Å². The number of halogens is 1. The van der Waals surface area contributed by atoms with Gasteiger partial charge in [0.2, 0.25) is 0 Å². The fourth-order valence-corrected chi connectivity index (χ4v) is 2.10. The van der Waals surface area contributed by atoms with Crippen LogP contribution in [-0.2, 0) is 13.1 Å². The molecule has 0 saturated heterocycles. The molecule has 1 N–H and O–H groups in total. The first-order valence-corrected chi connectivity index (χ1v) is 6.85. The van der Waals surface area contributed by atoms with E-state index in [1.54, 1.807) is 12.1 Å². The topological polar surface area (TPSA) is 28.4 Å². The number of nitrogens with one attached hydrogen (secondary N) is 1. The third-order valence-corrected chi connectivity index (χ3v) is 3.27. The Kier molecular flexibility index (Phi) is 4.79. The van der Waals surface area contributed by atoms with E-state index in [4.69, 9.17) is 4.42 Å². The summed E-state index contributed by atoms with van der Waals surface area (Å²) in [4.78, 5) is 2.04. The van der Waals surface area contributed by atoms with E-state index in [0.717, 1.165) is 35.9 Å². The fraction of sp³-hybridized carbons (Fsp3) is 0.375. The third kappa shape index (κ3) is 3.61. The minimum atomic E-state index is -0.219. The highest BCUT2D eigenvalue weighted by molar-refractivity contribution is 5.45. The highest BCUT2D eigenvalue weighted by atomic mass is 19.1. The maximum Gasteiger partial charge on any atom is 0.123 e. The van der Waals surface area contributed by atoms with E-state index < -0.39 is 0 Å². The second-order valence-corrected chi connectivity index (χ2v) is 4.93. The Morgan fingerprint density at radius 2 is 1.95 bits per heavy atom. The smallest absolute Gasteiger partial charge is 0.123 e. The first-order valence-electron chi connectivity index (χ1n) is 6.85. The predicted octanol–water partition coefficient (Wildman–Crippen LogP) is 3.47. The van der Waals surface area contributed by atoms with Crippen LogP contribution < -0.4 is 10.2 Å². The zero-order valence-electron chi connectivity index (χ0n) is 12.2. The molecule has 1 heterocycles. The molecule has 0 amide bonds. The van der Waals surface area contributed by atoms with Gasteiger partial charge in [0.1, 0.15) is 17.3 Å². The molecule has 108 valence electrons. The SMILES string of the molecule is CCNCc1oc(CN(C)c2ccc(F)cc2)cc1C. The summed E-state index contributed by atoms with van der Waals surface area (Å²) in [6.07, 6.45) is 0. The van der Waals surface area contributed by atoms with Gasteiger partial charge in [-0.15, -0.1) is 0 Å². The van der Waals surface area contributed by atoms with Gasteiger partial charge in [0.05, 0.1) is 13.1 Å². The van der Waals surface area contributed by atoms with Gasteiger partial charge >= 0.3 is 0 Å². The molecule has 2 rings (SSSR count). The van der Waals surface area contributed by atoms with Crippen molar-refractivity contribution in [2.24, 2.45) is 0 Å². The molecule has 0 aliphatic heterocycles. The molecule has 1 aromatic heterocycles. The van der Waals surface area contributed by atoms with Crippen LogP contribution in [0.5, 0.6) is 0 Å². The number of benzene rings is 1. The number of anilines is 1. The summed E-state index contributed by atoms with van der Waals surface area (Å²) in [5, 5.41) is 3.26. The van der Waals surface area contributed by atoms with Crippen molar-refractivity contribution in [2.45, 2.75) is 26.9 Å². The van der Waals surface area contributed by atoms with Crippen LogP contribution in [0.2, 0.25) is 0 Å². The van der Waals surface area contributed by atoms with Gasteiger partial charge in [-0.1, -0.05) is 6.92 Å². The number of hydrogen-bond donors (Lipinski definition) is 1. The summed E-state index contributed by atoms with van der Waals surface area (Å²) in [6, 6.07) is 8.54. The van der Waals surface area contributed by atoms with Gasteiger partial charge in [-0.3, -0.25) is 0 Å². The van der Waals surface area contributed by atoms with Crippen molar-refractivity contribution in [3.05, 3.63) is 53.2 Å². The fourth-order valence-electron chi connectivity index (χ4n) is 2.10. The number of aryl methyl sites for hydroxylation is 1. The molecular weight excluding hydrogens is 255 g/mol. The molecule has 0 fully saturated rings. The van der Waals surface area contributed by atoms with Crippen LogP contribution in [0.4, 0.5) is 10.1 Å². The van der Waals surface area contributed by atoms with E-state index in [9.17, 15) is 4.39 Å². The average Bonchev–Trinajstić information content (AvgIpc) is 2.77. The molecule has 2 aromatic rings. The van der Waals surface area contributed by atoms with E-state index in [2.05, 4.69) is 25.2 Å². The Labute approximate surface area is 119 Å². The lowest BCUT2D eigenvalue weighted by molar-refractivity contribution is 0.446. The normalized spacial score (nSPS) is 10.8. The number of nitrogens with zero attached hydrogens (tertiary/aromatic N) is 1. The van der Waals surface area contributed by atoms with Gasteiger partial charge in [-0.25, -0.2) is 4.39 Å². The minimum absolute atomic E-state index is 0.219. The molecule has 0 saturated carbocycles. The molecule has 0 spiro atoms. The van der Waals surface area contributed by atoms with Gasteiger partial charge in [-0.2, -0.15) is 0 Å². The van der Waals surface area contributed by atoms with Crippen molar-refractivity contribution < 1.29 is 8.81 Å². The van der Waals surface area contributed by atoms with Crippen molar-refractivity contribution in [3.8, 4) is 0 Å². The van der Waals surface area contributed by atoms with Crippen molar-refractivity contribution in [1.82, 2.24) is 5.32 Å². The van der Waals surface area contributed by atoms with Crippen LogP contribution in [0, 0.1) is 12.7 Å². The van der Waals surface area contributed by atoms with Crippen molar-refractivity contribution in [1.29, 1.82) is 0 Å². The van der Waals surface area contributed by atoms with Crippen LogP contribution in [-0.4, -0.2) is 13.6 Å². The summed E-state index contributed by atoms with van der Waals surface area (Å²) in [5.74, 6) is 1.68. The molecule has 0 aliphatic rings. The first kappa shape index (κ1) is 14.6. The highest BCUT2D eigenvalue weighted by Gasteiger charge is 2.10. The van der Waals surface area contributed by atoms with E-state index in [0.29, 0.717) is 6.54 Å². The molecule has 3 nitrogen and oxygen atoms in total. The Morgan fingerprint density at radius 3 is 2.60 bits per heavy atom. The molecule has 1 aromatic carbocycles. The number of hydrogen-bond acceptors (Lipinski definition) is 3. The zero-order valence-corrected chi connectivity index (χ0v) is 12.2. The van der Waals surface area contributed by atoms with E-state index in [1.165, 1.54) is 12.1 Å². The lowest BCUT2D eigenvalue weighted by atomic mass is 10.2. The molecule has 0 bridgehead atoms. The first-order chi connectivity index (χ1) is 9.60. The van der Waals surface area contributed by atoms with Crippen LogP contribution in [0.25, 0.3) is 0 Å². The average molecular weight is 276 g/mol. The minimum Gasteiger partial charge on any atom is -0.463 e. The van der Waals surface area contributed by atoms with Gasteiger partial charge < -0.3 is 14.6 Å². The summed E-state index contributed by atoms with van der Waals surface area (Å²) >= 11 is 0. The summed E-state index contributed by atoms with van der Waals surface area (Å²) in [6.45, 7) is 6.46. The quantitative estimate of drug-likeness (QED) is 0.875. The maximum atomic E-state index is 12.9. The summed E-state index contributed by atoms with van der Waals surface area (Å²) in [5.41, 5.74) is 2.13. The number of furan rings is 1. The Bertz CT molecular complexity index is 548. The largest absolute Gasteiger partial charge is 0.463 e. The van der Waals surface area contributed by atoms with E-state index in [-0.39, 0.29) is 5.82 Å². The second-order valence-electron chi connectivity index (χ2n) is 4.93. The van der Waals surface area contributed by atoms with Crippen LogP contribution in [0.1, 0.15) is 24.0 Å². The summed E-state index contributed by atoms with van der Waals surface area (Å²) in [7, 11) is 1.97. The zero-order chi connectivity index (χ0) is 14.5. The van der Waals surface area contributed by atoms with Crippen LogP contribution in [0.3, 0.4) is 0 Å². The lowest BCUT2D eigenvalue weighted by Crippen LogP contribution is -2.15.